The summed E-state index contributed by atoms with van der Waals surface area (Å²) in [6, 6.07) is -0.688. The van der Waals surface area contributed by atoms with Crippen molar-refractivity contribution in [1.29, 1.82) is 0 Å². The maximum Gasteiger partial charge on any atom is 0.318 e. The minimum absolute atomic E-state index is 0.0674. The number of nitrogens with zero attached hydrogens (tertiary/aromatic N) is 2. The fourth-order valence-electron chi connectivity index (χ4n) is 1.70. The lowest BCUT2D eigenvalue weighted by molar-refractivity contribution is -0.138. The standard InChI is InChI=1S/C11H19N3O4S/c1-13(2)9(15)6-12-11(18)14-3-4-19-7-8(14)5-10(16)17/h8H,3-7H2,1-2H3,(H,12,18)(H,16,17). The number of aliphatic carboxylic acids is 1. The highest BCUT2D eigenvalue weighted by molar-refractivity contribution is 7.99. The van der Waals surface area contributed by atoms with E-state index in [-0.39, 0.29) is 30.9 Å². The first-order valence-electron chi connectivity index (χ1n) is 5.96. The molecule has 1 unspecified atom stereocenters. The third kappa shape index (κ3) is 4.98. The van der Waals surface area contributed by atoms with Crippen molar-refractivity contribution in [2.24, 2.45) is 0 Å². The molecule has 1 fully saturated rings. The van der Waals surface area contributed by atoms with E-state index in [4.69, 9.17) is 5.11 Å². The van der Waals surface area contributed by atoms with E-state index in [9.17, 15) is 14.4 Å². The monoisotopic (exact) mass is 289 g/mol. The fourth-order valence-corrected chi connectivity index (χ4v) is 2.77. The summed E-state index contributed by atoms with van der Waals surface area (Å²) in [6.45, 7) is 0.430. The van der Waals surface area contributed by atoms with Crippen LogP contribution in [-0.4, -0.2) is 77.5 Å². The van der Waals surface area contributed by atoms with E-state index in [2.05, 4.69) is 5.32 Å². The largest absolute Gasteiger partial charge is 0.481 e. The number of likely N-dealkylation sites (N-methyl/N-ethyl adjacent to an activating group) is 1. The quantitative estimate of drug-likeness (QED) is 0.740. The number of carboxylic acid groups (broad SMARTS) is 1. The van der Waals surface area contributed by atoms with Crippen LogP contribution in [0, 0.1) is 0 Å². The Morgan fingerprint density at radius 3 is 2.68 bits per heavy atom. The second-order valence-electron chi connectivity index (χ2n) is 4.47. The molecular formula is C11H19N3O4S. The number of rotatable bonds is 4. The van der Waals surface area contributed by atoms with Gasteiger partial charge in [0.1, 0.15) is 0 Å². The maximum absolute atomic E-state index is 12.0. The summed E-state index contributed by atoms with van der Waals surface area (Å²) in [7, 11) is 3.22. The average molecular weight is 289 g/mol. The first-order chi connectivity index (χ1) is 8.91. The van der Waals surface area contributed by atoms with Crippen LogP contribution in [0.25, 0.3) is 0 Å². The number of hydrogen-bond acceptors (Lipinski definition) is 4. The van der Waals surface area contributed by atoms with Gasteiger partial charge < -0.3 is 20.2 Å². The molecule has 3 amide bonds. The van der Waals surface area contributed by atoms with Crippen LogP contribution in [0.1, 0.15) is 6.42 Å². The summed E-state index contributed by atoms with van der Waals surface area (Å²) in [5.41, 5.74) is 0. The molecule has 8 heteroatoms. The average Bonchev–Trinajstić information content (AvgIpc) is 2.35. The van der Waals surface area contributed by atoms with Crippen LogP contribution in [0.5, 0.6) is 0 Å². The van der Waals surface area contributed by atoms with Gasteiger partial charge in [0.05, 0.1) is 19.0 Å². The minimum atomic E-state index is -0.922. The summed E-state index contributed by atoms with van der Waals surface area (Å²) in [4.78, 5) is 37.0. The number of carbonyl (C=O) groups is 3. The Balaban J connectivity index is 2.52. The molecule has 1 atom stereocenters. The number of amides is 3. The number of thioether (sulfide) groups is 1. The van der Waals surface area contributed by atoms with Gasteiger partial charge in [-0.1, -0.05) is 0 Å². The van der Waals surface area contributed by atoms with Crippen LogP contribution in [0.15, 0.2) is 0 Å². The topological polar surface area (TPSA) is 90.0 Å². The molecule has 1 aliphatic heterocycles. The van der Waals surface area contributed by atoms with E-state index in [1.54, 1.807) is 25.9 Å². The Labute approximate surface area is 116 Å². The van der Waals surface area contributed by atoms with Crippen molar-refractivity contribution < 1.29 is 19.5 Å². The van der Waals surface area contributed by atoms with E-state index < -0.39 is 5.97 Å². The molecule has 0 bridgehead atoms. The van der Waals surface area contributed by atoms with Gasteiger partial charge in [0.15, 0.2) is 0 Å². The Morgan fingerprint density at radius 2 is 2.11 bits per heavy atom. The Kier molecular flexibility index (Phi) is 5.94. The molecule has 0 saturated carbocycles. The van der Waals surface area contributed by atoms with Crippen LogP contribution < -0.4 is 5.32 Å². The second-order valence-corrected chi connectivity index (χ2v) is 5.62. The summed E-state index contributed by atoms with van der Waals surface area (Å²) in [5.74, 6) is 0.274. The third-order valence-electron chi connectivity index (χ3n) is 2.79. The van der Waals surface area contributed by atoms with E-state index >= 15 is 0 Å². The van der Waals surface area contributed by atoms with Crippen LogP contribution in [0.2, 0.25) is 0 Å². The molecule has 0 aromatic carbocycles. The fraction of sp³-hybridized carbons (Fsp3) is 0.727. The lowest BCUT2D eigenvalue weighted by Crippen LogP contribution is -2.52. The second kappa shape index (κ2) is 7.22. The molecule has 1 heterocycles. The van der Waals surface area contributed by atoms with Crippen LogP contribution in [-0.2, 0) is 9.59 Å². The van der Waals surface area contributed by atoms with E-state index in [0.717, 1.165) is 5.75 Å². The number of carbonyl (C=O) groups excluding carboxylic acids is 2. The normalized spacial score (nSPS) is 18.8. The minimum Gasteiger partial charge on any atom is -0.481 e. The maximum atomic E-state index is 12.0. The van der Waals surface area contributed by atoms with Crippen molar-refractivity contribution in [2.75, 3.05) is 38.7 Å². The molecule has 2 N–H and O–H groups in total. The smallest absolute Gasteiger partial charge is 0.318 e. The van der Waals surface area contributed by atoms with Gasteiger partial charge in [-0.25, -0.2) is 4.79 Å². The van der Waals surface area contributed by atoms with Gasteiger partial charge in [0.2, 0.25) is 5.91 Å². The Bertz CT molecular complexity index is 362. The van der Waals surface area contributed by atoms with Gasteiger partial charge in [0.25, 0.3) is 0 Å². The van der Waals surface area contributed by atoms with Crippen molar-refractivity contribution >= 4 is 29.7 Å². The molecule has 0 aromatic rings. The predicted octanol–water partition coefficient (Wildman–Crippen LogP) is -0.324. The van der Waals surface area contributed by atoms with Gasteiger partial charge in [-0.3, -0.25) is 9.59 Å². The van der Waals surface area contributed by atoms with Crippen LogP contribution >= 0.6 is 11.8 Å². The SMILES string of the molecule is CN(C)C(=O)CNC(=O)N1CCSCC1CC(=O)O. The van der Waals surface area contributed by atoms with Crippen molar-refractivity contribution in [3.8, 4) is 0 Å². The molecule has 0 aliphatic carbocycles. The molecule has 1 aliphatic rings. The third-order valence-corrected chi connectivity index (χ3v) is 3.88. The number of nitrogens with one attached hydrogen (secondary N) is 1. The summed E-state index contributed by atoms with van der Waals surface area (Å²) in [6.07, 6.45) is -0.0674. The molecule has 1 rings (SSSR count). The van der Waals surface area contributed by atoms with Gasteiger partial charge in [0, 0.05) is 32.1 Å². The van der Waals surface area contributed by atoms with E-state index in [0.29, 0.717) is 12.3 Å². The zero-order valence-electron chi connectivity index (χ0n) is 11.1. The van der Waals surface area contributed by atoms with Gasteiger partial charge in [-0.05, 0) is 0 Å². The molecule has 0 aromatic heterocycles. The summed E-state index contributed by atoms with van der Waals surface area (Å²) >= 11 is 1.64. The van der Waals surface area contributed by atoms with Crippen molar-refractivity contribution in [3.05, 3.63) is 0 Å². The first-order valence-corrected chi connectivity index (χ1v) is 7.11. The molecule has 19 heavy (non-hydrogen) atoms. The Hall–Kier alpha value is -1.44. The highest BCUT2D eigenvalue weighted by Gasteiger charge is 2.28. The van der Waals surface area contributed by atoms with E-state index in [1.165, 1.54) is 9.80 Å². The van der Waals surface area contributed by atoms with Gasteiger partial charge >= 0.3 is 12.0 Å². The molecule has 7 nitrogen and oxygen atoms in total. The van der Waals surface area contributed by atoms with Crippen molar-refractivity contribution in [2.45, 2.75) is 12.5 Å². The number of hydrogen-bond donors (Lipinski definition) is 2. The zero-order chi connectivity index (χ0) is 14.4. The molecule has 0 spiro atoms. The lowest BCUT2D eigenvalue weighted by Gasteiger charge is -2.34. The highest BCUT2D eigenvalue weighted by atomic mass is 32.2. The molecule has 0 radical (unpaired) electrons. The first kappa shape index (κ1) is 15.6. The van der Waals surface area contributed by atoms with Gasteiger partial charge in [-0.2, -0.15) is 11.8 Å². The Morgan fingerprint density at radius 1 is 1.42 bits per heavy atom. The predicted molar refractivity (Wildman–Crippen MR) is 72.2 cm³/mol. The van der Waals surface area contributed by atoms with Crippen molar-refractivity contribution in [3.63, 3.8) is 0 Å². The van der Waals surface area contributed by atoms with Crippen LogP contribution in [0.3, 0.4) is 0 Å². The highest BCUT2D eigenvalue weighted by Crippen LogP contribution is 2.18. The van der Waals surface area contributed by atoms with E-state index in [1.807, 2.05) is 0 Å². The lowest BCUT2D eigenvalue weighted by atomic mass is 10.2. The van der Waals surface area contributed by atoms with Gasteiger partial charge in [-0.15, -0.1) is 0 Å². The summed E-state index contributed by atoms with van der Waals surface area (Å²) in [5, 5.41) is 11.4. The molecule has 1 saturated heterocycles. The summed E-state index contributed by atoms with van der Waals surface area (Å²) < 4.78 is 0. The molecule has 108 valence electrons. The molecular weight excluding hydrogens is 270 g/mol. The van der Waals surface area contributed by atoms with Crippen LogP contribution in [0.4, 0.5) is 4.79 Å². The number of urea groups is 1. The van der Waals surface area contributed by atoms with Crippen molar-refractivity contribution in [1.82, 2.24) is 15.1 Å². The zero-order valence-corrected chi connectivity index (χ0v) is 11.9. The number of carboxylic acids is 1.